The second-order valence-corrected chi connectivity index (χ2v) is 11.1. The van der Waals surface area contributed by atoms with E-state index < -0.39 is 0 Å². The lowest BCUT2D eigenvalue weighted by Crippen LogP contribution is -2.38. The van der Waals surface area contributed by atoms with Crippen molar-refractivity contribution in [2.75, 3.05) is 51.5 Å². The molecule has 4 nitrogen and oxygen atoms in total. The smallest absolute Gasteiger partial charge is 0.280 e. The first kappa shape index (κ1) is 23.5. The standard InChI is InChI=1S/C30H33N4S/c1-32-27-17-10-11-18-28(27)35-30(32)22-23-21-29(31-19-12-20-34(2,3)4)33(24-13-6-5-7-14-24)26-16-9-8-15-25(23)26/h5-11,13-18,21-22H,12,19-20H2,1-4H3/q+1/p+1/b30-22-. The number of hydrogen-bond donors (Lipinski definition) is 1. The van der Waals surface area contributed by atoms with Crippen molar-refractivity contribution in [3.05, 3.63) is 95.5 Å². The van der Waals surface area contributed by atoms with Crippen LogP contribution in [0.2, 0.25) is 0 Å². The van der Waals surface area contributed by atoms with Crippen LogP contribution in [0.3, 0.4) is 0 Å². The Kier molecular flexibility index (Phi) is 6.54. The lowest BCUT2D eigenvalue weighted by atomic mass is 10.1. The number of thioether (sulfide) groups is 1. The van der Waals surface area contributed by atoms with Gasteiger partial charge in [0.1, 0.15) is 11.2 Å². The first-order valence-electron chi connectivity index (χ1n) is 12.2. The van der Waals surface area contributed by atoms with Gasteiger partial charge in [0.15, 0.2) is 0 Å². The predicted molar refractivity (Wildman–Crippen MR) is 150 cm³/mol. The lowest BCUT2D eigenvalue weighted by molar-refractivity contribution is -0.870. The largest absolute Gasteiger partial charge is 0.338 e. The first-order valence-corrected chi connectivity index (χ1v) is 13.0. The molecule has 35 heavy (non-hydrogen) atoms. The number of nitrogens with one attached hydrogen (secondary N) is 1. The number of hydrogen-bond acceptors (Lipinski definition) is 3. The van der Waals surface area contributed by atoms with Gasteiger partial charge >= 0.3 is 0 Å². The third-order valence-electron chi connectivity index (χ3n) is 6.37. The van der Waals surface area contributed by atoms with Crippen molar-refractivity contribution in [1.29, 1.82) is 0 Å². The van der Waals surface area contributed by atoms with Gasteiger partial charge in [-0.3, -0.25) is 5.32 Å². The minimum atomic E-state index is 0.927. The van der Waals surface area contributed by atoms with Crippen LogP contribution in [0, 0.1) is 0 Å². The lowest BCUT2D eigenvalue weighted by Gasteiger charge is -2.23. The molecule has 4 aromatic rings. The van der Waals surface area contributed by atoms with Crippen LogP contribution in [-0.2, 0) is 0 Å². The van der Waals surface area contributed by atoms with E-state index in [0.29, 0.717) is 0 Å². The molecule has 0 saturated heterocycles. The quantitative estimate of drug-likeness (QED) is 0.193. The fraction of sp³-hybridized carbons (Fsp3) is 0.233. The summed E-state index contributed by atoms with van der Waals surface area (Å²) in [6.07, 6.45) is 3.44. The van der Waals surface area contributed by atoms with Crippen LogP contribution in [0.15, 0.2) is 94.9 Å². The van der Waals surface area contributed by atoms with Gasteiger partial charge in [-0.25, -0.2) is 0 Å². The Labute approximate surface area is 213 Å². The van der Waals surface area contributed by atoms with E-state index in [9.17, 15) is 0 Å². The van der Waals surface area contributed by atoms with Gasteiger partial charge in [-0.1, -0.05) is 60.3 Å². The molecule has 0 bridgehead atoms. The zero-order chi connectivity index (χ0) is 24.4. The van der Waals surface area contributed by atoms with Crippen molar-refractivity contribution in [3.8, 4) is 5.69 Å². The van der Waals surface area contributed by atoms with Gasteiger partial charge in [0.2, 0.25) is 0 Å². The highest BCUT2D eigenvalue weighted by Crippen LogP contribution is 2.45. The average molecular weight is 483 g/mol. The summed E-state index contributed by atoms with van der Waals surface area (Å²) in [5.74, 6) is 1.12. The normalized spacial score (nSPS) is 14.5. The molecule has 5 heteroatoms. The van der Waals surface area contributed by atoms with Crippen molar-refractivity contribution < 1.29 is 9.05 Å². The average Bonchev–Trinajstić information content (AvgIpc) is 3.17. The highest BCUT2D eigenvalue weighted by molar-refractivity contribution is 8.03. The van der Waals surface area contributed by atoms with Crippen LogP contribution in [0.5, 0.6) is 0 Å². The molecule has 0 unspecified atom stereocenters. The van der Waals surface area contributed by atoms with Crippen molar-refractivity contribution >= 4 is 40.2 Å². The zero-order valence-electron chi connectivity index (χ0n) is 21.0. The van der Waals surface area contributed by atoms with Gasteiger partial charge in [-0.15, -0.1) is 0 Å². The van der Waals surface area contributed by atoms with E-state index in [2.05, 4.69) is 134 Å². The minimum absolute atomic E-state index is 0.927. The van der Waals surface area contributed by atoms with Crippen LogP contribution < -0.4 is 14.8 Å². The molecular weight excluding hydrogens is 448 g/mol. The summed E-state index contributed by atoms with van der Waals surface area (Å²) >= 11 is 1.84. The fourth-order valence-electron chi connectivity index (χ4n) is 4.59. The SMILES string of the molecule is CN1/C(=C/c2cc(NCCC[N+](C)(C)C)[n+](-c3ccccc3)c3ccccc23)Sc2ccccc21. The maximum Gasteiger partial charge on any atom is 0.280 e. The summed E-state index contributed by atoms with van der Waals surface area (Å²) in [6.45, 7) is 2.05. The summed E-state index contributed by atoms with van der Waals surface area (Å²) in [7, 11) is 8.90. The Hall–Kier alpha value is -3.28. The number of rotatable bonds is 7. The Morgan fingerprint density at radius 3 is 2.40 bits per heavy atom. The molecule has 2 heterocycles. The van der Waals surface area contributed by atoms with E-state index in [4.69, 9.17) is 0 Å². The fourth-order valence-corrected chi connectivity index (χ4v) is 5.69. The maximum absolute atomic E-state index is 3.77. The second kappa shape index (κ2) is 9.76. The van der Waals surface area contributed by atoms with Crippen molar-refractivity contribution in [3.63, 3.8) is 0 Å². The molecule has 0 radical (unpaired) electrons. The summed E-state index contributed by atoms with van der Waals surface area (Å²) in [5.41, 5.74) is 4.85. The van der Waals surface area contributed by atoms with E-state index >= 15 is 0 Å². The second-order valence-electron chi connectivity index (χ2n) is 10.1. The van der Waals surface area contributed by atoms with Gasteiger partial charge in [0.05, 0.1) is 44.9 Å². The molecule has 0 aliphatic carbocycles. The molecular formula is C30H34N4S+2. The first-order chi connectivity index (χ1) is 16.9. The molecule has 1 aromatic heterocycles. The highest BCUT2D eigenvalue weighted by Gasteiger charge is 2.23. The zero-order valence-corrected chi connectivity index (χ0v) is 21.8. The highest BCUT2D eigenvalue weighted by atomic mass is 32.2. The van der Waals surface area contributed by atoms with E-state index in [1.807, 2.05) is 11.8 Å². The molecule has 0 amide bonds. The van der Waals surface area contributed by atoms with Gasteiger partial charge in [0, 0.05) is 29.8 Å². The molecule has 0 atom stereocenters. The van der Waals surface area contributed by atoms with Gasteiger partial charge in [-0.05, 0) is 42.0 Å². The monoisotopic (exact) mass is 482 g/mol. The van der Waals surface area contributed by atoms with Gasteiger partial charge < -0.3 is 9.38 Å². The molecule has 5 rings (SSSR count). The summed E-state index contributed by atoms with van der Waals surface area (Å²) in [6, 6.07) is 30.3. The van der Waals surface area contributed by atoms with Crippen LogP contribution in [-0.4, -0.2) is 45.8 Å². The Bertz CT molecular complexity index is 1370. The number of pyridine rings is 1. The number of quaternary nitrogens is 1. The molecule has 0 spiro atoms. The number of benzene rings is 3. The van der Waals surface area contributed by atoms with Crippen LogP contribution in [0.4, 0.5) is 11.5 Å². The maximum atomic E-state index is 3.77. The number of nitrogens with zero attached hydrogens (tertiary/aromatic N) is 3. The topological polar surface area (TPSA) is 19.1 Å². The number of aromatic nitrogens is 1. The van der Waals surface area contributed by atoms with Crippen molar-refractivity contribution in [2.45, 2.75) is 11.3 Å². The molecule has 178 valence electrons. The number of anilines is 2. The van der Waals surface area contributed by atoms with E-state index in [1.54, 1.807) is 0 Å². The predicted octanol–water partition coefficient (Wildman–Crippen LogP) is 6.17. The minimum Gasteiger partial charge on any atom is -0.338 e. The Morgan fingerprint density at radius 2 is 1.63 bits per heavy atom. The van der Waals surface area contributed by atoms with Crippen LogP contribution in [0.1, 0.15) is 12.0 Å². The van der Waals surface area contributed by atoms with Crippen molar-refractivity contribution in [1.82, 2.24) is 0 Å². The van der Waals surface area contributed by atoms with Gasteiger partial charge in [-0.2, -0.15) is 4.57 Å². The van der Waals surface area contributed by atoms with Crippen molar-refractivity contribution in [2.24, 2.45) is 0 Å². The molecule has 3 aromatic carbocycles. The van der Waals surface area contributed by atoms with E-state index in [1.165, 1.54) is 32.1 Å². The van der Waals surface area contributed by atoms with Crippen LogP contribution >= 0.6 is 11.8 Å². The summed E-state index contributed by atoms with van der Waals surface area (Å²) in [5, 5.41) is 6.26. The molecule has 0 saturated carbocycles. The summed E-state index contributed by atoms with van der Waals surface area (Å²) in [4.78, 5) is 3.60. The Morgan fingerprint density at radius 1 is 0.914 bits per heavy atom. The molecule has 0 fully saturated rings. The van der Waals surface area contributed by atoms with E-state index in [-0.39, 0.29) is 0 Å². The number of para-hydroxylation sites is 3. The van der Waals surface area contributed by atoms with Gasteiger partial charge in [0.25, 0.3) is 5.82 Å². The molecule has 1 N–H and O–H groups in total. The number of fused-ring (bicyclic) bond motifs is 2. The van der Waals surface area contributed by atoms with Crippen LogP contribution in [0.25, 0.3) is 22.7 Å². The molecule has 1 aliphatic heterocycles. The molecule has 1 aliphatic rings. The summed E-state index contributed by atoms with van der Waals surface area (Å²) < 4.78 is 3.32. The third-order valence-corrected chi connectivity index (χ3v) is 7.53. The third kappa shape index (κ3) is 5.07. The van der Waals surface area contributed by atoms with E-state index in [0.717, 1.165) is 35.5 Å². The Balaban J connectivity index is 1.60.